The number of nitrogens with zero attached hydrogens (tertiary/aromatic N) is 4. The van der Waals surface area contributed by atoms with Gasteiger partial charge in [-0.2, -0.15) is 31.4 Å². The number of aromatic amines is 1. The molecule has 0 unspecified atom stereocenters. The van der Waals surface area contributed by atoms with Gasteiger partial charge in [0.1, 0.15) is 17.8 Å². The SMILES string of the molecule is O=C1Nc2n[nH]c(C3CCN(c4ccnc(C(F)(F)F)n4)CC3)c2[C@H](C(F)(F)F)[C@@H]1O. The zero-order valence-electron chi connectivity index (χ0n) is 15.6. The lowest BCUT2D eigenvalue weighted by Gasteiger charge is -2.34. The zero-order chi connectivity index (χ0) is 22.6. The summed E-state index contributed by atoms with van der Waals surface area (Å²) in [4.78, 5) is 20.0. The van der Waals surface area contributed by atoms with Crippen LogP contribution in [0.1, 0.15) is 41.8 Å². The van der Waals surface area contributed by atoms with Crippen molar-refractivity contribution in [3.05, 3.63) is 29.3 Å². The second-order valence-corrected chi connectivity index (χ2v) is 7.35. The van der Waals surface area contributed by atoms with E-state index in [1.165, 1.54) is 6.07 Å². The normalized spacial score (nSPS) is 22.9. The molecule has 0 spiro atoms. The molecular formula is C17H16F6N6O2. The number of amides is 1. The van der Waals surface area contributed by atoms with E-state index in [0.717, 1.165) is 6.20 Å². The van der Waals surface area contributed by atoms with Gasteiger partial charge < -0.3 is 15.3 Å². The van der Waals surface area contributed by atoms with Crippen molar-refractivity contribution in [3.8, 4) is 0 Å². The van der Waals surface area contributed by atoms with Crippen molar-refractivity contribution in [2.75, 3.05) is 23.3 Å². The molecule has 1 amide bonds. The Hall–Kier alpha value is -2.90. The highest BCUT2D eigenvalue weighted by atomic mass is 19.4. The monoisotopic (exact) mass is 450 g/mol. The molecule has 8 nitrogen and oxygen atoms in total. The number of piperidine rings is 1. The third kappa shape index (κ3) is 3.91. The molecule has 14 heteroatoms. The van der Waals surface area contributed by atoms with Gasteiger partial charge in [0.25, 0.3) is 5.91 Å². The first-order valence-corrected chi connectivity index (χ1v) is 9.26. The van der Waals surface area contributed by atoms with Gasteiger partial charge in [-0.1, -0.05) is 0 Å². The number of alkyl halides is 6. The first kappa shape index (κ1) is 21.3. The number of carbonyl (C=O) groups is 1. The van der Waals surface area contributed by atoms with Gasteiger partial charge in [-0.15, -0.1) is 0 Å². The van der Waals surface area contributed by atoms with Gasteiger partial charge in [-0.3, -0.25) is 9.89 Å². The van der Waals surface area contributed by atoms with Gasteiger partial charge in [0.2, 0.25) is 5.82 Å². The van der Waals surface area contributed by atoms with Gasteiger partial charge >= 0.3 is 12.4 Å². The molecule has 168 valence electrons. The van der Waals surface area contributed by atoms with E-state index in [0.29, 0.717) is 12.8 Å². The largest absolute Gasteiger partial charge is 0.451 e. The Kier molecular flexibility index (Phi) is 5.06. The van der Waals surface area contributed by atoms with Crippen molar-refractivity contribution in [2.24, 2.45) is 0 Å². The molecule has 0 bridgehead atoms. The van der Waals surface area contributed by atoms with E-state index in [-0.39, 0.29) is 36.0 Å². The maximum Gasteiger partial charge on any atom is 0.451 e. The molecule has 2 aliphatic rings. The van der Waals surface area contributed by atoms with Gasteiger partial charge in [0.15, 0.2) is 5.82 Å². The van der Waals surface area contributed by atoms with Crippen molar-refractivity contribution >= 4 is 17.5 Å². The van der Waals surface area contributed by atoms with Gasteiger partial charge in [0, 0.05) is 36.5 Å². The number of aliphatic hydroxyl groups excluding tert-OH is 1. The van der Waals surface area contributed by atoms with Crippen LogP contribution in [0, 0.1) is 0 Å². The fourth-order valence-corrected chi connectivity index (χ4v) is 3.99. The van der Waals surface area contributed by atoms with Crippen LogP contribution < -0.4 is 10.2 Å². The number of hydrogen-bond acceptors (Lipinski definition) is 6. The molecule has 4 rings (SSSR count). The predicted molar refractivity (Wildman–Crippen MR) is 93.2 cm³/mol. The summed E-state index contributed by atoms with van der Waals surface area (Å²) in [7, 11) is 0. The number of aromatic nitrogens is 4. The minimum atomic E-state index is -4.87. The van der Waals surface area contributed by atoms with E-state index in [9.17, 15) is 36.2 Å². The van der Waals surface area contributed by atoms with Crippen LogP contribution in [0.5, 0.6) is 0 Å². The van der Waals surface area contributed by atoms with Crippen LogP contribution >= 0.6 is 0 Å². The van der Waals surface area contributed by atoms with Crippen LogP contribution in [0.25, 0.3) is 0 Å². The standard InChI is InChI=1S/C17H16F6N6O2/c18-16(19,20)10-9-11(27-28-13(9)26-14(31)12(10)30)7-2-5-29(6-3-7)8-1-4-24-15(25-8)17(21,22)23/h1,4,7,10,12,30H,2-3,5-6H2,(H2,26,27,28,31)/t10-,12-/m0/s1. The molecule has 1 saturated heterocycles. The molecule has 1 fully saturated rings. The molecule has 0 aliphatic carbocycles. The molecule has 31 heavy (non-hydrogen) atoms. The summed E-state index contributed by atoms with van der Waals surface area (Å²) in [6, 6.07) is 1.33. The van der Waals surface area contributed by atoms with E-state index in [2.05, 4.69) is 25.5 Å². The molecular weight excluding hydrogens is 434 g/mol. The van der Waals surface area contributed by atoms with Gasteiger partial charge in [-0.05, 0) is 18.9 Å². The summed E-state index contributed by atoms with van der Waals surface area (Å²) in [5.41, 5.74) is -0.158. The predicted octanol–water partition coefficient (Wildman–Crippen LogP) is 2.56. The minimum Gasteiger partial charge on any atom is -0.382 e. The number of fused-ring (bicyclic) bond motifs is 1. The molecule has 3 N–H and O–H groups in total. The average Bonchev–Trinajstić information content (AvgIpc) is 3.10. The molecule has 2 aliphatic heterocycles. The van der Waals surface area contributed by atoms with E-state index in [4.69, 9.17) is 0 Å². The lowest BCUT2D eigenvalue weighted by molar-refractivity contribution is -0.177. The molecule has 2 aromatic heterocycles. The van der Waals surface area contributed by atoms with Gasteiger partial charge in [0.05, 0.1) is 0 Å². The van der Waals surface area contributed by atoms with Crippen molar-refractivity contribution in [3.63, 3.8) is 0 Å². The van der Waals surface area contributed by atoms with Crippen LogP contribution in [0.3, 0.4) is 0 Å². The number of H-pyrrole nitrogens is 1. The molecule has 2 atom stereocenters. The summed E-state index contributed by atoms with van der Waals surface area (Å²) in [5.74, 6) is -5.51. The third-order valence-corrected chi connectivity index (χ3v) is 5.44. The second-order valence-electron chi connectivity index (χ2n) is 7.35. The van der Waals surface area contributed by atoms with Crippen LogP contribution in [-0.4, -0.2) is 56.5 Å². The molecule has 0 saturated carbocycles. The summed E-state index contributed by atoms with van der Waals surface area (Å²) in [5, 5.41) is 18.3. The van der Waals surface area contributed by atoms with E-state index in [1.54, 1.807) is 4.90 Å². The quantitative estimate of drug-likeness (QED) is 0.608. The molecule has 4 heterocycles. The summed E-state index contributed by atoms with van der Waals surface area (Å²) < 4.78 is 79.3. The Morgan fingerprint density at radius 2 is 1.81 bits per heavy atom. The Labute approximate surface area is 170 Å². The van der Waals surface area contributed by atoms with Crippen LogP contribution in [0.15, 0.2) is 12.3 Å². The van der Waals surface area contributed by atoms with Crippen LogP contribution in [-0.2, 0) is 11.0 Å². The van der Waals surface area contributed by atoms with Crippen molar-refractivity contribution in [2.45, 2.75) is 43.1 Å². The van der Waals surface area contributed by atoms with Crippen LogP contribution in [0.2, 0.25) is 0 Å². The smallest absolute Gasteiger partial charge is 0.382 e. The Morgan fingerprint density at radius 3 is 2.42 bits per heavy atom. The number of hydrogen-bond donors (Lipinski definition) is 3. The summed E-state index contributed by atoms with van der Waals surface area (Å²) >= 11 is 0. The molecule has 0 radical (unpaired) electrons. The minimum absolute atomic E-state index is 0.0725. The van der Waals surface area contributed by atoms with Crippen molar-refractivity contribution in [1.29, 1.82) is 0 Å². The highest BCUT2D eigenvalue weighted by molar-refractivity contribution is 5.97. The number of anilines is 2. The number of rotatable bonds is 2. The highest BCUT2D eigenvalue weighted by Gasteiger charge is 2.53. The number of carbonyl (C=O) groups excluding carboxylic acids is 1. The highest BCUT2D eigenvalue weighted by Crippen LogP contribution is 2.47. The van der Waals surface area contributed by atoms with Gasteiger partial charge in [-0.25, -0.2) is 9.97 Å². The number of nitrogens with one attached hydrogen (secondary N) is 2. The van der Waals surface area contributed by atoms with Crippen LogP contribution in [0.4, 0.5) is 38.0 Å². The lowest BCUT2D eigenvalue weighted by Crippen LogP contribution is -2.44. The Balaban J connectivity index is 1.55. The first-order valence-electron chi connectivity index (χ1n) is 9.26. The second kappa shape index (κ2) is 7.35. The summed E-state index contributed by atoms with van der Waals surface area (Å²) in [6.07, 6.45) is -10.3. The van der Waals surface area contributed by atoms with E-state index >= 15 is 0 Å². The fraction of sp³-hybridized carbons (Fsp3) is 0.529. The average molecular weight is 450 g/mol. The maximum absolute atomic E-state index is 13.6. The lowest BCUT2D eigenvalue weighted by atomic mass is 9.83. The zero-order valence-corrected chi connectivity index (χ0v) is 15.6. The fourth-order valence-electron chi connectivity index (χ4n) is 3.99. The topological polar surface area (TPSA) is 107 Å². The number of halogens is 6. The third-order valence-electron chi connectivity index (χ3n) is 5.44. The maximum atomic E-state index is 13.6. The molecule has 0 aromatic carbocycles. The van der Waals surface area contributed by atoms with Crippen molar-refractivity contribution < 1.29 is 36.2 Å². The van der Waals surface area contributed by atoms with E-state index in [1.807, 2.05) is 0 Å². The first-order chi connectivity index (χ1) is 14.5. The summed E-state index contributed by atoms with van der Waals surface area (Å²) in [6.45, 7) is 0.469. The van der Waals surface area contributed by atoms with Crippen molar-refractivity contribution in [1.82, 2.24) is 20.2 Å². The molecule has 2 aromatic rings. The number of aliphatic hydroxyl groups is 1. The Bertz CT molecular complexity index is 982. The Morgan fingerprint density at radius 1 is 1.13 bits per heavy atom. The van der Waals surface area contributed by atoms with E-state index < -0.39 is 42.0 Å².